The quantitative estimate of drug-likeness (QED) is 0.874. The van der Waals surface area contributed by atoms with Gasteiger partial charge in [-0.2, -0.15) is 0 Å². The van der Waals surface area contributed by atoms with E-state index in [1.807, 2.05) is 6.92 Å². The van der Waals surface area contributed by atoms with Gasteiger partial charge in [0.05, 0.1) is 12.6 Å². The number of amides is 2. The number of carboxylic acid groups (broad SMARTS) is 1. The van der Waals surface area contributed by atoms with Crippen LogP contribution in [0.5, 0.6) is 0 Å². The number of thiazole rings is 1. The average Bonchev–Trinajstić information content (AvgIpc) is 2.78. The van der Waals surface area contributed by atoms with Crippen molar-refractivity contribution in [3.8, 4) is 0 Å². The Balaban J connectivity index is 1.85. The summed E-state index contributed by atoms with van der Waals surface area (Å²) in [6.07, 6.45) is 0.847. The van der Waals surface area contributed by atoms with Gasteiger partial charge in [0.15, 0.2) is 5.69 Å². The molecular weight excluding hydrogens is 282 g/mol. The zero-order valence-corrected chi connectivity index (χ0v) is 12.0. The van der Waals surface area contributed by atoms with Gasteiger partial charge in [-0.25, -0.2) is 14.6 Å². The monoisotopic (exact) mass is 299 g/mol. The van der Waals surface area contributed by atoms with Gasteiger partial charge < -0.3 is 20.1 Å². The largest absolute Gasteiger partial charge is 0.476 e. The minimum Gasteiger partial charge on any atom is -0.476 e. The summed E-state index contributed by atoms with van der Waals surface area (Å²) in [6, 6.07) is -0.172. The number of hydrogen-bond acceptors (Lipinski definition) is 5. The average molecular weight is 299 g/mol. The van der Waals surface area contributed by atoms with E-state index in [4.69, 9.17) is 9.84 Å². The highest BCUT2D eigenvalue weighted by molar-refractivity contribution is 7.09. The molecule has 2 amide bonds. The lowest BCUT2D eigenvalue weighted by Gasteiger charge is -2.22. The van der Waals surface area contributed by atoms with Gasteiger partial charge in [-0.3, -0.25) is 0 Å². The Kier molecular flexibility index (Phi) is 4.91. The molecule has 1 atom stereocenters. The Morgan fingerprint density at radius 3 is 3.15 bits per heavy atom. The summed E-state index contributed by atoms with van der Waals surface area (Å²) < 4.78 is 5.48. The maximum Gasteiger partial charge on any atom is 0.355 e. The first-order chi connectivity index (χ1) is 9.56. The predicted molar refractivity (Wildman–Crippen MR) is 72.9 cm³/mol. The van der Waals surface area contributed by atoms with Crippen molar-refractivity contribution in [2.24, 2.45) is 0 Å². The second-order valence-corrected chi connectivity index (χ2v) is 5.51. The molecule has 7 nitrogen and oxygen atoms in total. The summed E-state index contributed by atoms with van der Waals surface area (Å²) in [4.78, 5) is 28.4. The zero-order chi connectivity index (χ0) is 14.5. The van der Waals surface area contributed by atoms with Crippen LogP contribution in [0, 0.1) is 0 Å². The molecule has 1 aromatic rings. The predicted octanol–water partition coefficient (Wildman–Crippen LogP) is 1.16. The van der Waals surface area contributed by atoms with Crippen LogP contribution in [-0.4, -0.2) is 52.8 Å². The van der Waals surface area contributed by atoms with E-state index in [2.05, 4.69) is 10.3 Å². The fourth-order valence-corrected chi connectivity index (χ4v) is 2.64. The Bertz CT molecular complexity index is 491. The minimum atomic E-state index is -1.06. The molecule has 0 aromatic carbocycles. The molecule has 0 aliphatic carbocycles. The van der Waals surface area contributed by atoms with Gasteiger partial charge >= 0.3 is 12.0 Å². The summed E-state index contributed by atoms with van der Waals surface area (Å²) in [5.74, 6) is -1.06. The van der Waals surface area contributed by atoms with Gasteiger partial charge in [-0.05, 0) is 13.3 Å². The molecule has 2 heterocycles. The van der Waals surface area contributed by atoms with Crippen molar-refractivity contribution in [2.45, 2.75) is 26.0 Å². The first kappa shape index (κ1) is 14.7. The standard InChI is InChI=1S/C12H17N3O4S/c1-8-6-15(3-2-4-19-8)12(18)13-5-10-14-9(7-20-10)11(16)17/h7-8H,2-6H2,1H3,(H,13,18)(H,16,17). The van der Waals surface area contributed by atoms with Gasteiger partial charge in [0, 0.05) is 25.1 Å². The number of ether oxygens (including phenoxy) is 1. The van der Waals surface area contributed by atoms with Crippen LogP contribution in [0.1, 0.15) is 28.8 Å². The van der Waals surface area contributed by atoms with Crippen LogP contribution in [0.15, 0.2) is 5.38 Å². The van der Waals surface area contributed by atoms with Crippen molar-refractivity contribution in [1.29, 1.82) is 0 Å². The van der Waals surface area contributed by atoms with Crippen molar-refractivity contribution in [1.82, 2.24) is 15.2 Å². The lowest BCUT2D eigenvalue weighted by molar-refractivity contribution is 0.0690. The number of nitrogens with zero attached hydrogens (tertiary/aromatic N) is 2. The number of rotatable bonds is 3. The van der Waals surface area contributed by atoms with E-state index in [-0.39, 0.29) is 24.4 Å². The molecule has 110 valence electrons. The lowest BCUT2D eigenvalue weighted by atomic mass is 10.3. The number of carbonyl (C=O) groups excluding carboxylic acids is 1. The van der Waals surface area contributed by atoms with Crippen molar-refractivity contribution >= 4 is 23.3 Å². The summed E-state index contributed by atoms with van der Waals surface area (Å²) in [7, 11) is 0. The van der Waals surface area contributed by atoms with Crippen LogP contribution in [0.25, 0.3) is 0 Å². The zero-order valence-electron chi connectivity index (χ0n) is 11.2. The topological polar surface area (TPSA) is 91.8 Å². The van der Waals surface area contributed by atoms with Gasteiger partial charge in [0.25, 0.3) is 0 Å². The fourth-order valence-electron chi connectivity index (χ4n) is 1.93. The van der Waals surface area contributed by atoms with E-state index in [1.165, 1.54) is 16.7 Å². The Labute approximate surface area is 120 Å². The molecule has 20 heavy (non-hydrogen) atoms. The third-order valence-corrected chi connectivity index (χ3v) is 3.75. The first-order valence-electron chi connectivity index (χ1n) is 6.38. The second-order valence-electron chi connectivity index (χ2n) is 4.57. The van der Waals surface area contributed by atoms with Gasteiger partial charge in [0.1, 0.15) is 5.01 Å². The van der Waals surface area contributed by atoms with Crippen molar-refractivity contribution < 1.29 is 19.4 Å². The maximum absolute atomic E-state index is 12.0. The Morgan fingerprint density at radius 1 is 1.65 bits per heavy atom. The van der Waals surface area contributed by atoms with Crippen LogP contribution in [0.2, 0.25) is 0 Å². The minimum absolute atomic E-state index is 0.0102. The lowest BCUT2D eigenvalue weighted by Crippen LogP contribution is -2.42. The number of urea groups is 1. The van der Waals surface area contributed by atoms with Crippen LogP contribution >= 0.6 is 11.3 Å². The number of hydrogen-bond donors (Lipinski definition) is 2. The molecule has 1 unspecified atom stereocenters. The molecule has 1 saturated heterocycles. The highest BCUT2D eigenvalue weighted by Crippen LogP contribution is 2.10. The summed E-state index contributed by atoms with van der Waals surface area (Å²) in [6.45, 7) is 4.06. The number of nitrogens with one attached hydrogen (secondary N) is 1. The molecule has 0 radical (unpaired) electrons. The van der Waals surface area contributed by atoms with Crippen molar-refractivity contribution in [3.63, 3.8) is 0 Å². The molecule has 1 fully saturated rings. The summed E-state index contributed by atoms with van der Waals surface area (Å²) >= 11 is 1.22. The highest BCUT2D eigenvalue weighted by Gasteiger charge is 2.19. The van der Waals surface area contributed by atoms with Crippen LogP contribution < -0.4 is 5.32 Å². The molecule has 1 aliphatic heterocycles. The van der Waals surface area contributed by atoms with E-state index in [0.29, 0.717) is 24.7 Å². The third kappa shape index (κ3) is 3.91. The molecule has 0 spiro atoms. The Morgan fingerprint density at radius 2 is 2.45 bits per heavy atom. The number of aromatic carboxylic acids is 1. The van der Waals surface area contributed by atoms with E-state index < -0.39 is 5.97 Å². The van der Waals surface area contributed by atoms with E-state index in [0.717, 1.165) is 6.42 Å². The van der Waals surface area contributed by atoms with Crippen LogP contribution in [0.3, 0.4) is 0 Å². The number of carboxylic acids is 1. The van der Waals surface area contributed by atoms with Crippen molar-refractivity contribution in [3.05, 3.63) is 16.1 Å². The normalized spacial score (nSPS) is 19.4. The number of aromatic nitrogens is 1. The third-order valence-electron chi connectivity index (χ3n) is 2.90. The highest BCUT2D eigenvalue weighted by atomic mass is 32.1. The van der Waals surface area contributed by atoms with Crippen LogP contribution in [0.4, 0.5) is 4.79 Å². The summed E-state index contributed by atoms with van der Waals surface area (Å²) in [5, 5.41) is 13.6. The first-order valence-corrected chi connectivity index (χ1v) is 7.26. The Hall–Kier alpha value is -1.67. The molecular formula is C12H17N3O4S. The van der Waals surface area contributed by atoms with E-state index >= 15 is 0 Å². The summed E-state index contributed by atoms with van der Waals surface area (Å²) in [5.41, 5.74) is 0.0102. The molecule has 2 rings (SSSR count). The smallest absolute Gasteiger partial charge is 0.355 e. The molecule has 0 saturated carbocycles. The molecule has 0 bridgehead atoms. The fraction of sp³-hybridized carbons (Fsp3) is 0.583. The van der Waals surface area contributed by atoms with E-state index in [1.54, 1.807) is 4.90 Å². The van der Waals surface area contributed by atoms with Gasteiger partial charge in [-0.15, -0.1) is 11.3 Å². The molecule has 2 N–H and O–H groups in total. The molecule has 1 aliphatic rings. The molecule has 8 heteroatoms. The second kappa shape index (κ2) is 6.67. The number of carbonyl (C=O) groups is 2. The van der Waals surface area contributed by atoms with E-state index in [9.17, 15) is 9.59 Å². The molecule has 1 aromatic heterocycles. The van der Waals surface area contributed by atoms with Crippen LogP contribution in [-0.2, 0) is 11.3 Å². The SMILES string of the molecule is CC1CN(C(=O)NCc2nc(C(=O)O)cs2)CCCO1. The van der Waals surface area contributed by atoms with Gasteiger partial charge in [0.2, 0.25) is 0 Å². The van der Waals surface area contributed by atoms with Gasteiger partial charge in [-0.1, -0.05) is 0 Å². The van der Waals surface area contributed by atoms with Crippen molar-refractivity contribution in [2.75, 3.05) is 19.7 Å². The maximum atomic E-state index is 12.0.